The van der Waals surface area contributed by atoms with Crippen LogP contribution in [0.4, 0.5) is 5.69 Å². The molecule has 0 spiro atoms. The number of carboxylic acid groups (broad SMARTS) is 1. The molecule has 6 nitrogen and oxygen atoms in total. The molecular weight excluding hydrogens is 272 g/mol. The van der Waals surface area contributed by atoms with Gasteiger partial charge in [0.25, 0.3) is 5.91 Å². The fourth-order valence-corrected chi connectivity index (χ4v) is 1.69. The Labute approximate surface area is 121 Å². The monoisotopic (exact) mass is 286 g/mol. The number of anilines is 1. The number of carboxylic acids is 1. The van der Waals surface area contributed by atoms with Crippen molar-refractivity contribution in [3.05, 3.63) is 53.9 Å². The summed E-state index contributed by atoms with van der Waals surface area (Å²) in [4.78, 5) is 26.5. The van der Waals surface area contributed by atoms with E-state index in [4.69, 9.17) is 9.84 Å². The zero-order chi connectivity index (χ0) is 15.2. The van der Waals surface area contributed by atoms with Crippen molar-refractivity contribution in [2.24, 2.45) is 0 Å². The number of nitrogens with one attached hydrogen (secondary N) is 1. The molecule has 1 aromatic carbocycles. The quantitative estimate of drug-likeness (QED) is 0.881. The number of aromatic nitrogens is 1. The predicted molar refractivity (Wildman–Crippen MR) is 76.8 cm³/mol. The van der Waals surface area contributed by atoms with Gasteiger partial charge in [-0.1, -0.05) is 0 Å². The number of rotatable bonds is 5. The molecule has 2 N–H and O–H groups in total. The van der Waals surface area contributed by atoms with Crippen LogP contribution >= 0.6 is 0 Å². The molecule has 2 aromatic rings. The molecule has 0 aliphatic carbocycles. The number of hydrogen-bond donors (Lipinski definition) is 2. The number of nitrogens with zero attached hydrogens (tertiary/aromatic N) is 1. The summed E-state index contributed by atoms with van der Waals surface area (Å²) in [6, 6.07) is 9.59. The summed E-state index contributed by atoms with van der Waals surface area (Å²) in [5.74, 6) is -0.859. The molecule has 21 heavy (non-hydrogen) atoms. The van der Waals surface area contributed by atoms with E-state index in [2.05, 4.69) is 10.3 Å². The third-order valence-electron chi connectivity index (χ3n) is 2.66. The fourth-order valence-electron chi connectivity index (χ4n) is 1.69. The summed E-state index contributed by atoms with van der Waals surface area (Å²) in [5.41, 5.74) is 0.655. The fraction of sp³-hybridized carbons (Fsp3) is 0.133. The van der Waals surface area contributed by atoms with Crippen LogP contribution < -0.4 is 10.1 Å². The number of pyridine rings is 1. The molecule has 0 saturated carbocycles. The van der Waals surface area contributed by atoms with Crippen molar-refractivity contribution < 1.29 is 19.4 Å². The topological polar surface area (TPSA) is 88.5 Å². The van der Waals surface area contributed by atoms with Crippen molar-refractivity contribution in [1.29, 1.82) is 0 Å². The largest absolute Gasteiger partial charge is 0.494 e. The molecule has 2 rings (SSSR count). The first kappa shape index (κ1) is 14.5. The molecular formula is C15H14N2O4. The van der Waals surface area contributed by atoms with Gasteiger partial charge < -0.3 is 15.2 Å². The average molecular weight is 286 g/mol. The molecule has 0 radical (unpaired) electrons. The number of aromatic carboxylic acids is 1. The Bertz CT molecular complexity index is 653. The van der Waals surface area contributed by atoms with E-state index in [1.807, 2.05) is 6.92 Å². The Morgan fingerprint density at radius 3 is 2.57 bits per heavy atom. The second-order valence-electron chi connectivity index (χ2n) is 4.15. The molecule has 1 aromatic heterocycles. The zero-order valence-electron chi connectivity index (χ0n) is 11.4. The third-order valence-corrected chi connectivity index (χ3v) is 2.66. The molecule has 0 aliphatic heterocycles. The van der Waals surface area contributed by atoms with E-state index < -0.39 is 11.9 Å². The Kier molecular flexibility index (Phi) is 4.50. The summed E-state index contributed by atoms with van der Waals surface area (Å²) in [7, 11) is 0. The van der Waals surface area contributed by atoms with E-state index in [1.165, 1.54) is 18.3 Å². The minimum atomic E-state index is -1.18. The van der Waals surface area contributed by atoms with Crippen molar-refractivity contribution in [1.82, 2.24) is 4.98 Å². The molecule has 0 aliphatic rings. The highest BCUT2D eigenvalue weighted by Gasteiger charge is 2.10. The van der Waals surface area contributed by atoms with Gasteiger partial charge in [-0.2, -0.15) is 0 Å². The van der Waals surface area contributed by atoms with E-state index in [-0.39, 0.29) is 11.3 Å². The molecule has 6 heteroatoms. The molecule has 0 unspecified atom stereocenters. The number of ether oxygens (including phenoxy) is 1. The maximum absolute atomic E-state index is 12.0. The van der Waals surface area contributed by atoms with Crippen LogP contribution in [0, 0.1) is 0 Å². The summed E-state index contributed by atoms with van der Waals surface area (Å²) >= 11 is 0. The second-order valence-corrected chi connectivity index (χ2v) is 4.15. The number of benzene rings is 1. The lowest BCUT2D eigenvalue weighted by atomic mass is 10.2. The maximum atomic E-state index is 12.0. The van der Waals surface area contributed by atoms with Gasteiger partial charge in [0.2, 0.25) is 0 Å². The van der Waals surface area contributed by atoms with Gasteiger partial charge in [0.05, 0.1) is 6.61 Å². The predicted octanol–water partition coefficient (Wildman–Crippen LogP) is 2.43. The van der Waals surface area contributed by atoms with Crippen molar-refractivity contribution in [3.8, 4) is 5.75 Å². The Morgan fingerprint density at radius 1 is 1.24 bits per heavy atom. The standard InChI is InChI=1S/C15H14N2O4/c1-2-21-12-5-3-11(4-6-12)17-14(18)10-7-8-16-13(9-10)15(19)20/h3-9H,2H2,1H3,(H,17,18)(H,19,20). The summed E-state index contributed by atoms with van der Waals surface area (Å²) in [5, 5.41) is 11.5. The van der Waals surface area contributed by atoms with E-state index in [0.29, 0.717) is 18.0 Å². The summed E-state index contributed by atoms with van der Waals surface area (Å²) < 4.78 is 5.31. The van der Waals surface area contributed by atoms with E-state index in [9.17, 15) is 9.59 Å². The number of amides is 1. The SMILES string of the molecule is CCOc1ccc(NC(=O)c2ccnc(C(=O)O)c2)cc1. The van der Waals surface area contributed by atoms with Gasteiger partial charge in [0, 0.05) is 17.4 Å². The van der Waals surface area contributed by atoms with Gasteiger partial charge in [0.1, 0.15) is 11.4 Å². The van der Waals surface area contributed by atoms with Crippen LogP contribution in [0.15, 0.2) is 42.6 Å². The normalized spacial score (nSPS) is 9.95. The van der Waals surface area contributed by atoms with Crippen molar-refractivity contribution in [2.45, 2.75) is 6.92 Å². The zero-order valence-corrected chi connectivity index (χ0v) is 11.4. The maximum Gasteiger partial charge on any atom is 0.354 e. The third kappa shape index (κ3) is 3.79. The number of carbonyl (C=O) groups is 2. The van der Waals surface area contributed by atoms with Gasteiger partial charge in [-0.15, -0.1) is 0 Å². The van der Waals surface area contributed by atoms with Gasteiger partial charge in [-0.3, -0.25) is 4.79 Å². The lowest BCUT2D eigenvalue weighted by Gasteiger charge is -2.07. The molecule has 1 heterocycles. The van der Waals surface area contributed by atoms with Crippen LogP contribution in [-0.4, -0.2) is 28.6 Å². The lowest BCUT2D eigenvalue weighted by Crippen LogP contribution is -2.13. The Hall–Kier alpha value is -2.89. The van der Waals surface area contributed by atoms with Gasteiger partial charge in [0.15, 0.2) is 0 Å². The van der Waals surface area contributed by atoms with Crippen molar-refractivity contribution in [3.63, 3.8) is 0 Å². The molecule has 0 bridgehead atoms. The molecule has 0 fully saturated rings. The smallest absolute Gasteiger partial charge is 0.354 e. The first-order chi connectivity index (χ1) is 10.1. The van der Waals surface area contributed by atoms with E-state index in [0.717, 1.165) is 0 Å². The first-order valence-corrected chi connectivity index (χ1v) is 6.33. The van der Waals surface area contributed by atoms with E-state index >= 15 is 0 Å². The minimum Gasteiger partial charge on any atom is -0.494 e. The van der Waals surface area contributed by atoms with Gasteiger partial charge >= 0.3 is 5.97 Å². The lowest BCUT2D eigenvalue weighted by molar-refractivity contribution is 0.0690. The van der Waals surface area contributed by atoms with Crippen LogP contribution in [0.3, 0.4) is 0 Å². The highest BCUT2D eigenvalue weighted by Crippen LogP contribution is 2.16. The molecule has 0 atom stereocenters. The Morgan fingerprint density at radius 2 is 1.95 bits per heavy atom. The first-order valence-electron chi connectivity index (χ1n) is 6.33. The number of carbonyl (C=O) groups excluding carboxylic acids is 1. The average Bonchev–Trinajstić information content (AvgIpc) is 2.49. The van der Waals surface area contributed by atoms with Crippen LogP contribution in [0.5, 0.6) is 5.75 Å². The highest BCUT2D eigenvalue weighted by molar-refractivity contribution is 6.05. The molecule has 1 amide bonds. The van der Waals surface area contributed by atoms with Crippen LogP contribution in [0.1, 0.15) is 27.8 Å². The van der Waals surface area contributed by atoms with Gasteiger partial charge in [-0.25, -0.2) is 9.78 Å². The van der Waals surface area contributed by atoms with Gasteiger partial charge in [-0.05, 0) is 43.3 Å². The van der Waals surface area contributed by atoms with Crippen LogP contribution in [0.25, 0.3) is 0 Å². The second kappa shape index (κ2) is 6.51. The summed E-state index contributed by atoms with van der Waals surface area (Å²) in [6.45, 7) is 2.46. The van der Waals surface area contributed by atoms with Crippen LogP contribution in [0.2, 0.25) is 0 Å². The minimum absolute atomic E-state index is 0.172. The molecule has 108 valence electrons. The van der Waals surface area contributed by atoms with Crippen molar-refractivity contribution in [2.75, 3.05) is 11.9 Å². The van der Waals surface area contributed by atoms with E-state index in [1.54, 1.807) is 24.3 Å². The van der Waals surface area contributed by atoms with Crippen LogP contribution in [-0.2, 0) is 0 Å². The Balaban J connectivity index is 2.10. The molecule has 0 saturated heterocycles. The summed E-state index contributed by atoms with van der Waals surface area (Å²) in [6.07, 6.45) is 1.29. The van der Waals surface area contributed by atoms with Crippen molar-refractivity contribution >= 4 is 17.6 Å². The number of hydrogen-bond acceptors (Lipinski definition) is 4. The highest BCUT2D eigenvalue weighted by atomic mass is 16.5.